The number of unbranched alkanes of at least 4 members (excludes halogenated alkanes) is 2. The van der Waals surface area contributed by atoms with Gasteiger partial charge in [0.05, 0.1) is 0 Å². The van der Waals surface area contributed by atoms with Gasteiger partial charge >= 0.3 is 0 Å². The molecule has 1 nitrogen and oxygen atoms in total. The lowest BCUT2D eigenvalue weighted by Gasteiger charge is -2.01. The molecule has 0 fully saturated rings. The maximum absolute atomic E-state index is 11.3. The van der Waals surface area contributed by atoms with Crippen molar-refractivity contribution < 1.29 is 4.79 Å². The van der Waals surface area contributed by atoms with E-state index in [1.54, 1.807) is 0 Å². The van der Waals surface area contributed by atoms with Crippen molar-refractivity contribution >= 4 is 5.78 Å². The number of aryl methyl sites for hydroxylation is 1. The fourth-order valence-corrected chi connectivity index (χ4v) is 1.53. The Labute approximate surface area is 91.8 Å². The summed E-state index contributed by atoms with van der Waals surface area (Å²) >= 11 is 0. The summed E-state index contributed by atoms with van der Waals surface area (Å²) in [6, 6.07) is 7.83. The van der Waals surface area contributed by atoms with E-state index in [4.69, 9.17) is 0 Å². The van der Waals surface area contributed by atoms with Crippen LogP contribution in [0.15, 0.2) is 36.9 Å². The highest BCUT2D eigenvalue weighted by Gasteiger charge is 2.00. The van der Waals surface area contributed by atoms with Crippen molar-refractivity contribution in [3.8, 4) is 0 Å². The minimum Gasteiger partial charge on any atom is -0.289 e. The molecule has 15 heavy (non-hydrogen) atoms. The van der Waals surface area contributed by atoms with Crippen LogP contribution in [-0.2, 0) is 6.42 Å². The Bertz CT molecular complexity index is 322. The molecule has 0 heterocycles. The molecule has 0 unspecified atom stereocenters. The highest BCUT2D eigenvalue weighted by molar-refractivity contribution is 6.04. The molecule has 0 aromatic heterocycles. The number of hydrogen-bond donors (Lipinski definition) is 0. The molecule has 0 aliphatic rings. The van der Waals surface area contributed by atoms with Gasteiger partial charge in [-0.15, -0.1) is 0 Å². The molecule has 0 amide bonds. The van der Waals surface area contributed by atoms with Gasteiger partial charge in [0, 0.05) is 5.56 Å². The van der Waals surface area contributed by atoms with Crippen molar-refractivity contribution in [1.29, 1.82) is 0 Å². The third kappa shape index (κ3) is 3.70. The van der Waals surface area contributed by atoms with Crippen molar-refractivity contribution in [1.82, 2.24) is 0 Å². The first kappa shape index (κ1) is 11.7. The van der Waals surface area contributed by atoms with Crippen LogP contribution in [0.1, 0.15) is 42.1 Å². The van der Waals surface area contributed by atoms with Gasteiger partial charge in [-0.05, 0) is 24.5 Å². The summed E-state index contributed by atoms with van der Waals surface area (Å²) < 4.78 is 0. The molecule has 0 bridgehead atoms. The Morgan fingerprint density at radius 1 is 1.27 bits per heavy atom. The van der Waals surface area contributed by atoms with Crippen molar-refractivity contribution in [3.05, 3.63) is 48.0 Å². The predicted molar refractivity (Wildman–Crippen MR) is 64.2 cm³/mol. The molecular formula is C14H18O. The fourth-order valence-electron chi connectivity index (χ4n) is 1.53. The van der Waals surface area contributed by atoms with E-state index in [1.807, 2.05) is 24.3 Å². The smallest absolute Gasteiger partial charge is 0.185 e. The van der Waals surface area contributed by atoms with E-state index in [0.717, 1.165) is 12.0 Å². The topological polar surface area (TPSA) is 17.1 Å². The van der Waals surface area contributed by atoms with E-state index in [1.165, 1.54) is 30.9 Å². The van der Waals surface area contributed by atoms with Gasteiger partial charge in [0.15, 0.2) is 5.78 Å². The molecule has 0 N–H and O–H groups in total. The third-order valence-corrected chi connectivity index (χ3v) is 2.49. The van der Waals surface area contributed by atoms with Crippen LogP contribution in [0.25, 0.3) is 0 Å². The van der Waals surface area contributed by atoms with Crippen molar-refractivity contribution in [2.24, 2.45) is 0 Å². The van der Waals surface area contributed by atoms with Crippen LogP contribution in [0.4, 0.5) is 0 Å². The fraction of sp³-hybridized carbons (Fsp3) is 0.357. The molecule has 0 spiro atoms. The quantitative estimate of drug-likeness (QED) is 0.389. The number of hydrogen-bond acceptors (Lipinski definition) is 1. The Kier molecular flexibility index (Phi) is 4.82. The first-order valence-electron chi connectivity index (χ1n) is 5.53. The largest absolute Gasteiger partial charge is 0.289 e. The SMILES string of the molecule is C=CC(=O)c1ccc(CCCCC)cc1. The maximum atomic E-state index is 11.3. The summed E-state index contributed by atoms with van der Waals surface area (Å²) in [5.74, 6) is -0.00453. The second kappa shape index (κ2) is 6.18. The Morgan fingerprint density at radius 2 is 1.93 bits per heavy atom. The number of allylic oxidation sites excluding steroid dienone is 1. The highest BCUT2D eigenvalue weighted by atomic mass is 16.1. The summed E-state index contributed by atoms with van der Waals surface area (Å²) in [7, 11) is 0. The average Bonchev–Trinajstić information content (AvgIpc) is 2.29. The Hall–Kier alpha value is -1.37. The van der Waals surface area contributed by atoms with Gasteiger partial charge in [0.1, 0.15) is 0 Å². The number of carbonyl (C=O) groups excluding carboxylic acids is 1. The zero-order valence-electron chi connectivity index (χ0n) is 9.33. The van der Waals surface area contributed by atoms with Crippen LogP contribution in [0, 0.1) is 0 Å². The first-order valence-corrected chi connectivity index (χ1v) is 5.53. The van der Waals surface area contributed by atoms with Crippen LogP contribution in [0.3, 0.4) is 0 Å². The molecule has 1 aromatic rings. The van der Waals surface area contributed by atoms with Gasteiger partial charge < -0.3 is 0 Å². The van der Waals surface area contributed by atoms with Crippen molar-refractivity contribution in [2.45, 2.75) is 32.6 Å². The van der Waals surface area contributed by atoms with Gasteiger partial charge in [-0.2, -0.15) is 0 Å². The molecule has 0 saturated heterocycles. The van der Waals surface area contributed by atoms with Gasteiger partial charge in [-0.1, -0.05) is 50.6 Å². The van der Waals surface area contributed by atoms with Crippen molar-refractivity contribution in [3.63, 3.8) is 0 Å². The summed E-state index contributed by atoms with van der Waals surface area (Å²) in [5.41, 5.74) is 2.04. The van der Waals surface area contributed by atoms with Crippen LogP contribution in [0.5, 0.6) is 0 Å². The van der Waals surface area contributed by atoms with Crippen LogP contribution in [-0.4, -0.2) is 5.78 Å². The van der Waals surface area contributed by atoms with Crippen molar-refractivity contribution in [2.75, 3.05) is 0 Å². The van der Waals surface area contributed by atoms with Crippen LogP contribution >= 0.6 is 0 Å². The summed E-state index contributed by atoms with van der Waals surface area (Å²) in [5, 5.41) is 0. The lowest BCUT2D eigenvalue weighted by Crippen LogP contribution is -1.94. The molecule has 1 heteroatoms. The molecule has 80 valence electrons. The maximum Gasteiger partial charge on any atom is 0.185 e. The molecule has 1 aromatic carbocycles. The van der Waals surface area contributed by atoms with E-state index in [0.29, 0.717) is 0 Å². The predicted octanol–water partition coefficient (Wildman–Crippen LogP) is 3.79. The van der Waals surface area contributed by atoms with E-state index in [-0.39, 0.29) is 5.78 Å². The monoisotopic (exact) mass is 202 g/mol. The molecule has 0 atom stereocenters. The standard InChI is InChI=1S/C14H18O/c1-3-5-6-7-12-8-10-13(11-9-12)14(15)4-2/h4,8-11H,2-3,5-7H2,1H3. The van der Waals surface area contributed by atoms with E-state index in [9.17, 15) is 4.79 Å². The summed E-state index contributed by atoms with van der Waals surface area (Å²) in [6.45, 7) is 5.67. The average molecular weight is 202 g/mol. The molecule has 0 saturated carbocycles. The van der Waals surface area contributed by atoms with Gasteiger partial charge in [0.2, 0.25) is 0 Å². The van der Waals surface area contributed by atoms with Crippen LogP contribution < -0.4 is 0 Å². The van der Waals surface area contributed by atoms with E-state index >= 15 is 0 Å². The van der Waals surface area contributed by atoms with E-state index in [2.05, 4.69) is 13.5 Å². The Morgan fingerprint density at radius 3 is 2.47 bits per heavy atom. The minimum absolute atomic E-state index is 0.00453. The minimum atomic E-state index is -0.00453. The third-order valence-electron chi connectivity index (χ3n) is 2.49. The number of rotatable bonds is 6. The zero-order valence-corrected chi connectivity index (χ0v) is 9.33. The van der Waals surface area contributed by atoms with Gasteiger partial charge in [-0.3, -0.25) is 4.79 Å². The van der Waals surface area contributed by atoms with Gasteiger partial charge in [0.25, 0.3) is 0 Å². The normalized spacial score (nSPS) is 9.93. The molecule has 0 radical (unpaired) electrons. The zero-order chi connectivity index (χ0) is 11.1. The number of carbonyl (C=O) groups is 1. The molecule has 1 rings (SSSR count). The van der Waals surface area contributed by atoms with E-state index < -0.39 is 0 Å². The lowest BCUT2D eigenvalue weighted by atomic mass is 10.0. The number of benzene rings is 1. The second-order valence-electron chi connectivity index (χ2n) is 3.72. The molecule has 0 aliphatic heterocycles. The highest BCUT2D eigenvalue weighted by Crippen LogP contribution is 2.09. The summed E-state index contributed by atoms with van der Waals surface area (Å²) in [4.78, 5) is 11.3. The van der Waals surface area contributed by atoms with Gasteiger partial charge in [-0.25, -0.2) is 0 Å². The Balaban J connectivity index is 2.56. The van der Waals surface area contributed by atoms with Crippen LogP contribution in [0.2, 0.25) is 0 Å². The second-order valence-corrected chi connectivity index (χ2v) is 3.72. The molecular weight excluding hydrogens is 184 g/mol. The first-order chi connectivity index (χ1) is 7.27. The molecule has 0 aliphatic carbocycles. The summed E-state index contributed by atoms with van der Waals surface area (Å²) in [6.07, 6.45) is 6.20. The number of ketones is 1. The lowest BCUT2D eigenvalue weighted by molar-refractivity contribution is 0.104.